The van der Waals surface area contributed by atoms with Crippen molar-refractivity contribution in [1.82, 2.24) is 0 Å². The van der Waals surface area contributed by atoms with Crippen molar-refractivity contribution in [3.8, 4) is 0 Å². The van der Waals surface area contributed by atoms with E-state index >= 15 is 0 Å². The molecule has 0 aromatic heterocycles. The molecule has 0 saturated carbocycles. The van der Waals surface area contributed by atoms with Crippen LogP contribution in [0.4, 0.5) is 0 Å². The molecule has 0 aromatic rings. The Hall–Kier alpha value is -0.160. The third-order valence-corrected chi connectivity index (χ3v) is 5.45. The molecule has 2 aliphatic heterocycles. The number of ether oxygens (including phenoxy) is 2. The van der Waals surface area contributed by atoms with Crippen LogP contribution in [0.15, 0.2) is 0 Å². The van der Waals surface area contributed by atoms with Crippen LogP contribution in [0, 0.1) is 22.7 Å². The molecule has 2 rings (SSSR count). The molecule has 5 atom stereocenters. The molecule has 2 heterocycles. The first-order chi connectivity index (χ1) is 9.63. The minimum Gasteiger partial charge on any atom is -0.390 e. The average molecular weight is 300 g/mol. The molecule has 0 spiro atoms. The van der Waals surface area contributed by atoms with E-state index in [-0.39, 0.29) is 28.8 Å². The summed E-state index contributed by atoms with van der Waals surface area (Å²) >= 11 is 0. The maximum Gasteiger partial charge on any atom is 0.0857 e. The molecule has 21 heavy (non-hydrogen) atoms. The van der Waals surface area contributed by atoms with Crippen molar-refractivity contribution in [1.29, 1.82) is 0 Å². The number of hydrogen-bond donors (Lipinski definition) is 2. The first-order valence-corrected chi connectivity index (χ1v) is 8.18. The highest BCUT2D eigenvalue weighted by Crippen LogP contribution is 2.43. The van der Waals surface area contributed by atoms with Gasteiger partial charge in [0.1, 0.15) is 0 Å². The van der Waals surface area contributed by atoms with Gasteiger partial charge in [0.05, 0.1) is 31.5 Å². The van der Waals surface area contributed by atoms with Gasteiger partial charge in [0.25, 0.3) is 0 Å². The maximum absolute atomic E-state index is 10.6. The van der Waals surface area contributed by atoms with E-state index in [1.165, 1.54) is 0 Å². The Labute approximate surface area is 128 Å². The first kappa shape index (κ1) is 17.2. The van der Waals surface area contributed by atoms with Crippen LogP contribution < -0.4 is 0 Å². The highest BCUT2D eigenvalue weighted by atomic mass is 16.5. The average Bonchev–Trinajstić information content (AvgIpc) is 2.70. The smallest absolute Gasteiger partial charge is 0.0857 e. The Balaban J connectivity index is 2.00. The topological polar surface area (TPSA) is 58.9 Å². The highest BCUT2D eigenvalue weighted by Gasteiger charge is 2.46. The molecule has 2 aliphatic rings. The van der Waals surface area contributed by atoms with Gasteiger partial charge >= 0.3 is 0 Å². The monoisotopic (exact) mass is 300 g/mol. The lowest BCUT2D eigenvalue weighted by Crippen LogP contribution is -2.44. The molecule has 0 aromatic carbocycles. The van der Waals surface area contributed by atoms with Crippen LogP contribution in [0.1, 0.15) is 47.5 Å². The van der Waals surface area contributed by atoms with Gasteiger partial charge in [-0.3, -0.25) is 0 Å². The zero-order chi connectivity index (χ0) is 15.8. The third kappa shape index (κ3) is 3.79. The van der Waals surface area contributed by atoms with E-state index < -0.39 is 12.2 Å². The molecule has 124 valence electrons. The number of aliphatic hydroxyl groups is 2. The first-order valence-electron chi connectivity index (χ1n) is 8.18. The lowest BCUT2D eigenvalue weighted by atomic mass is 9.68. The second-order valence-corrected chi connectivity index (χ2v) is 8.57. The minimum atomic E-state index is -0.416. The number of aliphatic hydroxyl groups excluding tert-OH is 2. The van der Waals surface area contributed by atoms with Gasteiger partial charge in [0, 0.05) is 12.5 Å². The van der Waals surface area contributed by atoms with Gasteiger partial charge in [-0.15, -0.1) is 0 Å². The summed E-state index contributed by atoms with van der Waals surface area (Å²) in [7, 11) is 0. The second-order valence-electron chi connectivity index (χ2n) is 8.57. The van der Waals surface area contributed by atoms with Crippen molar-refractivity contribution in [3.05, 3.63) is 0 Å². The van der Waals surface area contributed by atoms with E-state index in [1.54, 1.807) is 0 Å². The molecule has 0 amide bonds. The van der Waals surface area contributed by atoms with Crippen molar-refractivity contribution in [2.24, 2.45) is 22.7 Å². The van der Waals surface area contributed by atoms with E-state index in [2.05, 4.69) is 34.6 Å². The Morgan fingerprint density at radius 2 is 1.67 bits per heavy atom. The largest absolute Gasteiger partial charge is 0.390 e. The quantitative estimate of drug-likeness (QED) is 0.839. The van der Waals surface area contributed by atoms with Gasteiger partial charge < -0.3 is 19.7 Å². The van der Waals surface area contributed by atoms with Gasteiger partial charge in [0.2, 0.25) is 0 Å². The summed E-state index contributed by atoms with van der Waals surface area (Å²) in [6, 6.07) is 0. The molecule has 4 nitrogen and oxygen atoms in total. The molecule has 4 heteroatoms. The van der Waals surface area contributed by atoms with E-state index in [0.717, 1.165) is 12.8 Å². The molecule has 0 bridgehead atoms. The maximum atomic E-state index is 10.6. The fraction of sp³-hybridized carbons (Fsp3) is 1.00. The van der Waals surface area contributed by atoms with E-state index in [1.807, 2.05) is 0 Å². The van der Waals surface area contributed by atoms with Crippen LogP contribution in [-0.4, -0.2) is 48.3 Å². The fourth-order valence-corrected chi connectivity index (χ4v) is 3.93. The second kappa shape index (κ2) is 6.15. The fourth-order valence-electron chi connectivity index (χ4n) is 3.93. The Morgan fingerprint density at radius 3 is 2.19 bits per heavy atom. The molecule has 0 aliphatic carbocycles. The SMILES string of the molecule is CC(C)(C)C1COC(CC(C)(C)C2CCOCC2O)C1O. The van der Waals surface area contributed by atoms with Crippen molar-refractivity contribution >= 4 is 0 Å². The van der Waals surface area contributed by atoms with Gasteiger partial charge in [-0.25, -0.2) is 0 Å². The van der Waals surface area contributed by atoms with Crippen LogP contribution in [0.2, 0.25) is 0 Å². The van der Waals surface area contributed by atoms with Crippen molar-refractivity contribution in [2.45, 2.75) is 65.8 Å². The van der Waals surface area contributed by atoms with Crippen molar-refractivity contribution in [2.75, 3.05) is 19.8 Å². The zero-order valence-corrected chi connectivity index (χ0v) is 14.1. The molecule has 2 N–H and O–H groups in total. The molecule has 2 fully saturated rings. The van der Waals surface area contributed by atoms with Gasteiger partial charge in [-0.05, 0) is 29.6 Å². The normalized spacial score (nSPS) is 38.7. The number of hydrogen-bond acceptors (Lipinski definition) is 4. The lowest BCUT2D eigenvalue weighted by Gasteiger charge is -2.42. The Kier molecular flexibility index (Phi) is 5.04. The summed E-state index contributed by atoms with van der Waals surface area (Å²) in [5.41, 5.74) is -0.0158. The number of rotatable bonds is 3. The summed E-state index contributed by atoms with van der Waals surface area (Å²) < 4.78 is 11.2. The van der Waals surface area contributed by atoms with E-state index in [0.29, 0.717) is 19.8 Å². The van der Waals surface area contributed by atoms with Crippen LogP contribution in [0.3, 0.4) is 0 Å². The zero-order valence-electron chi connectivity index (χ0n) is 14.1. The summed E-state index contributed by atoms with van der Waals surface area (Å²) in [5.74, 6) is 0.383. The molecule has 0 radical (unpaired) electrons. The molecular weight excluding hydrogens is 268 g/mol. The molecular formula is C17H32O4. The summed E-state index contributed by atoms with van der Waals surface area (Å²) in [6.45, 7) is 12.6. The van der Waals surface area contributed by atoms with Crippen molar-refractivity contribution < 1.29 is 19.7 Å². The predicted molar refractivity (Wildman–Crippen MR) is 82.0 cm³/mol. The standard InChI is InChI=1S/C17H32O4/c1-16(2,3)12-9-21-14(15(12)19)8-17(4,5)11-6-7-20-10-13(11)18/h11-15,18-19H,6-10H2,1-5H3. The van der Waals surface area contributed by atoms with Gasteiger partial charge in [-0.2, -0.15) is 0 Å². The molecule has 2 saturated heterocycles. The summed E-state index contributed by atoms with van der Waals surface area (Å²) in [6.07, 6.45) is 0.702. The van der Waals surface area contributed by atoms with Crippen molar-refractivity contribution in [3.63, 3.8) is 0 Å². The van der Waals surface area contributed by atoms with Crippen LogP contribution in [-0.2, 0) is 9.47 Å². The lowest BCUT2D eigenvalue weighted by molar-refractivity contribution is -0.0962. The summed E-state index contributed by atoms with van der Waals surface area (Å²) in [4.78, 5) is 0. The van der Waals surface area contributed by atoms with Crippen LogP contribution in [0.25, 0.3) is 0 Å². The highest BCUT2D eigenvalue weighted by molar-refractivity contribution is 4.95. The van der Waals surface area contributed by atoms with Gasteiger partial charge in [0.15, 0.2) is 0 Å². The Bertz CT molecular complexity index is 347. The van der Waals surface area contributed by atoms with Gasteiger partial charge in [-0.1, -0.05) is 34.6 Å². The Morgan fingerprint density at radius 1 is 1.00 bits per heavy atom. The van der Waals surface area contributed by atoms with Crippen LogP contribution in [0.5, 0.6) is 0 Å². The van der Waals surface area contributed by atoms with Crippen LogP contribution >= 0.6 is 0 Å². The third-order valence-electron chi connectivity index (χ3n) is 5.45. The molecule has 5 unspecified atom stereocenters. The summed E-state index contributed by atoms with van der Waals surface area (Å²) in [5, 5.41) is 20.8. The van der Waals surface area contributed by atoms with E-state index in [4.69, 9.17) is 9.47 Å². The van der Waals surface area contributed by atoms with E-state index in [9.17, 15) is 10.2 Å². The predicted octanol–water partition coefficient (Wildman–Crippen LogP) is 2.22. The minimum absolute atomic E-state index is 0.0521.